The molecule has 0 N–H and O–H groups in total. The van der Waals surface area contributed by atoms with Gasteiger partial charge in [-0.25, -0.2) is 0 Å². The van der Waals surface area contributed by atoms with Crippen molar-refractivity contribution in [2.45, 2.75) is 6.42 Å². The summed E-state index contributed by atoms with van der Waals surface area (Å²) in [7, 11) is 1.97. The Kier molecular flexibility index (Phi) is 3.19. The molecule has 0 saturated carbocycles. The van der Waals surface area contributed by atoms with Crippen molar-refractivity contribution in [3.05, 3.63) is 60.2 Å². The van der Waals surface area contributed by atoms with E-state index in [9.17, 15) is 0 Å². The first-order valence-corrected chi connectivity index (χ1v) is 6.43. The van der Waals surface area contributed by atoms with E-state index >= 15 is 0 Å². The number of rotatable bonds is 2. The minimum atomic E-state index is 0.693. The van der Waals surface area contributed by atoms with Crippen LogP contribution in [0, 0.1) is 0 Å². The molecule has 0 fully saturated rings. The molecule has 0 bridgehead atoms. The van der Waals surface area contributed by atoms with Crippen LogP contribution in [0.15, 0.2) is 59.7 Å². The minimum Gasteiger partial charge on any atom is -0.492 e. The summed E-state index contributed by atoms with van der Waals surface area (Å²) in [5.74, 6) is 0.925. The van der Waals surface area contributed by atoms with E-state index in [0.29, 0.717) is 6.61 Å². The quantitative estimate of drug-likeness (QED) is 0.766. The molecule has 0 aliphatic carbocycles. The molecule has 96 valence electrons. The van der Waals surface area contributed by atoms with Gasteiger partial charge in [0, 0.05) is 19.0 Å². The van der Waals surface area contributed by atoms with Gasteiger partial charge >= 0.3 is 0 Å². The Morgan fingerprint density at radius 1 is 1.00 bits per heavy atom. The number of benzene rings is 2. The fourth-order valence-corrected chi connectivity index (χ4v) is 2.21. The predicted molar refractivity (Wildman–Crippen MR) is 77.9 cm³/mol. The third kappa shape index (κ3) is 2.45. The van der Waals surface area contributed by atoms with Crippen LogP contribution in [0.4, 0.5) is 5.69 Å². The number of nitrogens with zero attached hydrogens (tertiary/aromatic N) is 2. The van der Waals surface area contributed by atoms with Gasteiger partial charge in [0.2, 0.25) is 0 Å². The number of fused-ring (bicyclic) bond motifs is 1. The van der Waals surface area contributed by atoms with Crippen LogP contribution in [0.1, 0.15) is 12.0 Å². The number of hydrogen-bond acceptors (Lipinski definition) is 3. The second-order valence-electron chi connectivity index (χ2n) is 4.50. The molecule has 0 saturated heterocycles. The van der Waals surface area contributed by atoms with E-state index in [4.69, 9.17) is 9.84 Å². The van der Waals surface area contributed by atoms with Gasteiger partial charge in [0.15, 0.2) is 0 Å². The summed E-state index contributed by atoms with van der Waals surface area (Å²) in [6.45, 7) is 0.693. The Morgan fingerprint density at radius 2 is 1.74 bits per heavy atom. The van der Waals surface area contributed by atoms with Crippen LogP contribution < -0.4 is 9.75 Å². The lowest BCUT2D eigenvalue weighted by Gasteiger charge is -2.21. The maximum atomic E-state index is 5.64. The Morgan fingerprint density at radius 3 is 2.58 bits per heavy atom. The van der Waals surface area contributed by atoms with Gasteiger partial charge in [0.1, 0.15) is 5.75 Å². The average molecular weight is 252 g/mol. The van der Waals surface area contributed by atoms with Crippen LogP contribution in [0.3, 0.4) is 0 Å². The van der Waals surface area contributed by atoms with E-state index in [-0.39, 0.29) is 0 Å². The van der Waals surface area contributed by atoms with E-state index in [1.165, 1.54) is 0 Å². The van der Waals surface area contributed by atoms with Crippen molar-refractivity contribution in [2.75, 3.05) is 18.7 Å². The molecule has 0 amide bonds. The molecule has 1 aliphatic rings. The van der Waals surface area contributed by atoms with Crippen molar-refractivity contribution in [3.63, 3.8) is 0 Å². The summed E-state index contributed by atoms with van der Waals surface area (Å²) in [4.78, 5) is 0. The smallest absolute Gasteiger partial charge is 0.128 e. The van der Waals surface area contributed by atoms with E-state index in [2.05, 4.69) is 18.2 Å². The summed E-state index contributed by atoms with van der Waals surface area (Å²) in [5, 5.41) is 6.63. The Balaban J connectivity index is 1.93. The van der Waals surface area contributed by atoms with E-state index in [1.54, 1.807) is 0 Å². The first kappa shape index (κ1) is 11.8. The number of hydrogen-bond donors (Lipinski definition) is 0. The van der Waals surface area contributed by atoms with Gasteiger partial charge in [0.25, 0.3) is 0 Å². The largest absolute Gasteiger partial charge is 0.492 e. The molecule has 3 rings (SSSR count). The molecule has 1 aliphatic heterocycles. The zero-order valence-corrected chi connectivity index (χ0v) is 10.9. The molecule has 0 radical (unpaired) electrons. The molecule has 3 nitrogen and oxygen atoms in total. The molecule has 2 aromatic rings. The molecule has 1 heterocycles. The molecule has 3 heteroatoms. The lowest BCUT2D eigenvalue weighted by Crippen LogP contribution is -2.20. The highest BCUT2D eigenvalue weighted by Crippen LogP contribution is 2.25. The molecule has 0 spiro atoms. The summed E-state index contributed by atoms with van der Waals surface area (Å²) in [6, 6.07) is 18.2. The first-order valence-electron chi connectivity index (χ1n) is 6.43. The molecule has 0 unspecified atom stereocenters. The van der Waals surface area contributed by atoms with Crippen molar-refractivity contribution >= 4 is 11.4 Å². The van der Waals surface area contributed by atoms with Crippen LogP contribution in [0.5, 0.6) is 5.75 Å². The van der Waals surface area contributed by atoms with Crippen molar-refractivity contribution < 1.29 is 4.74 Å². The van der Waals surface area contributed by atoms with Gasteiger partial charge < -0.3 is 4.74 Å². The highest BCUT2D eigenvalue weighted by molar-refractivity contribution is 6.04. The summed E-state index contributed by atoms with van der Waals surface area (Å²) < 4.78 is 5.64. The van der Waals surface area contributed by atoms with Crippen molar-refractivity contribution in [2.24, 2.45) is 5.10 Å². The fourth-order valence-electron chi connectivity index (χ4n) is 2.21. The average Bonchev–Trinajstić information content (AvgIpc) is 2.48. The maximum Gasteiger partial charge on any atom is 0.128 e. The number of para-hydroxylation sites is 2. The molecule has 0 aromatic heterocycles. The molecular formula is C16H16N2O. The zero-order chi connectivity index (χ0) is 13.1. The monoisotopic (exact) mass is 252 g/mol. The van der Waals surface area contributed by atoms with Crippen molar-refractivity contribution in [3.8, 4) is 5.75 Å². The second-order valence-corrected chi connectivity index (χ2v) is 4.50. The van der Waals surface area contributed by atoms with E-state index in [1.807, 2.05) is 48.5 Å². The van der Waals surface area contributed by atoms with Crippen molar-refractivity contribution in [1.29, 1.82) is 0 Å². The molecule has 19 heavy (non-hydrogen) atoms. The van der Waals surface area contributed by atoms with Gasteiger partial charge in [-0.2, -0.15) is 5.10 Å². The summed E-state index contributed by atoms with van der Waals surface area (Å²) in [5.41, 5.74) is 3.25. The fraction of sp³-hybridized carbons (Fsp3) is 0.188. The van der Waals surface area contributed by atoms with Crippen LogP contribution in [0.25, 0.3) is 0 Å². The predicted octanol–water partition coefficient (Wildman–Crippen LogP) is 3.31. The van der Waals surface area contributed by atoms with Gasteiger partial charge in [0.05, 0.1) is 18.0 Å². The standard InChI is InChI=1S/C16H16N2O/c1-18(13-7-3-2-4-8-13)17-15-11-12-19-16-10-6-5-9-14(15)16/h2-10H,11-12H2,1H3/b17-15-. The van der Waals surface area contributed by atoms with Gasteiger partial charge in [-0.05, 0) is 24.3 Å². The second kappa shape index (κ2) is 5.14. The van der Waals surface area contributed by atoms with Crippen LogP contribution in [0.2, 0.25) is 0 Å². The SMILES string of the molecule is CN(/N=C1/CCOc2ccccc21)c1ccccc1. The van der Waals surface area contributed by atoms with E-state index < -0.39 is 0 Å². The highest BCUT2D eigenvalue weighted by Gasteiger charge is 2.16. The minimum absolute atomic E-state index is 0.693. The van der Waals surface area contributed by atoms with Crippen LogP contribution in [-0.4, -0.2) is 19.4 Å². The van der Waals surface area contributed by atoms with Crippen LogP contribution in [-0.2, 0) is 0 Å². The summed E-state index contributed by atoms with van der Waals surface area (Å²) in [6.07, 6.45) is 0.841. The lowest BCUT2D eigenvalue weighted by atomic mass is 10.0. The van der Waals surface area contributed by atoms with Crippen LogP contribution >= 0.6 is 0 Å². The molecule has 0 atom stereocenters. The summed E-state index contributed by atoms with van der Waals surface area (Å²) >= 11 is 0. The topological polar surface area (TPSA) is 24.8 Å². The number of ether oxygens (including phenoxy) is 1. The number of hydrazone groups is 1. The van der Waals surface area contributed by atoms with Gasteiger partial charge in [-0.1, -0.05) is 30.3 Å². The van der Waals surface area contributed by atoms with E-state index in [0.717, 1.165) is 29.1 Å². The zero-order valence-electron chi connectivity index (χ0n) is 10.9. The Bertz CT molecular complexity index is 593. The third-order valence-corrected chi connectivity index (χ3v) is 3.19. The number of anilines is 1. The highest BCUT2D eigenvalue weighted by atomic mass is 16.5. The van der Waals surface area contributed by atoms with Gasteiger partial charge in [-0.3, -0.25) is 5.01 Å². The molecular weight excluding hydrogens is 236 g/mol. The first-order chi connectivity index (χ1) is 9.34. The normalized spacial score (nSPS) is 15.7. The maximum absolute atomic E-state index is 5.64. The Hall–Kier alpha value is -2.29. The van der Waals surface area contributed by atoms with Gasteiger partial charge in [-0.15, -0.1) is 0 Å². The molecule has 2 aromatic carbocycles. The van der Waals surface area contributed by atoms with Crippen molar-refractivity contribution in [1.82, 2.24) is 0 Å². The lowest BCUT2D eigenvalue weighted by molar-refractivity contribution is 0.320. The Labute approximate surface area is 113 Å². The third-order valence-electron chi connectivity index (χ3n) is 3.19.